The zero-order valence-corrected chi connectivity index (χ0v) is 11.1. The number of nitrogens with two attached hydrogens (primary N) is 1. The van der Waals surface area contributed by atoms with Crippen molar-refractivity contribution < 1.29 is 0 Å². The average Bonchev–Trinajstić information content (AvgIpc) is 3.06. The van der Waals surface area contributed by atoms with Crippen LogP contribution >= 0.6 is 0 Å². The van der Waals surface area contributed by atoms with Gasteiger partial charge in [-0.3, -0.25) is 4.68 Å². The third kappa shape index (κ3) is 1.92. The van der Waals surface area contributed by atoms with E-state index in [-0.39, 0.29) is 6.04 Å². The van der Waals surface area contributed by atoms with E-state index in [2.05, 4.69) is 28.7 Å². The van der Waals surface area contributed by atoms with Crippen molar-refractivity contribution in [2.24, 2.45) is 12.8 Å². The van der Waals surface area contributed by atoms with E-state index in [1.165, 1.54) is 0 Å². The maximum atomic E-state index is 5.67. The van der Waals surface area contributed by atoms with E-state index in [0.717, 1.165) is 22.4 Å². The van der Waals surface area contributed by atoms with Crippen LogP contribution in [0.25, 0.3) is 11.0 Å². The number of imidazole rings is 1. The third-order valence-electron chi connectivity index (χ3n) is 3.51. The smallest absolute Gasteiger partial charge is 0.134 e. The van der Waals surface area contributed by atoms with Gasteiger partial charge in [0.25, 0.3) is 0 Å². The zero-order chi connectivity index (χ0) is 13.4. The molecule has 3 aromatic rings. The molecule has 0 aliphatic carbocycles. The molecule has 98 valence electrons. The first-order chi connectivity index (χ1) is 9.20. The second-order valence-electron chi connectivity index (χ2n) is 4.72. The lowest BCUT2D eigenvalue weighted by Gasteiger charge is -2.11. The number of hydrogen-bond donors (Lipinski definition) is 1. The zero-order valence-electron chi connectivity index (χ0n) is 11.1. The molecule has 2 N–H and O–H groups in total. The highest BCUT2D eigenvalue weighted by atomic mass is 15.3. The van der Waals surface area contributed by atoms with Gasteiger partial charge in [0, 0.05) is 26.0 Å². The summed E-state index contributed by atoms with van der Waals surface area (Å²) in [5, 5.41) is 4.28. The Morgan fingerprint density at radius 2 is 2.21 bits per heavy atom. The molecule has 1 atom stereocenters. The number of nitrogens with zero attached hydrogens (tertiary/aromatic N) is 4. The second-order valence-corrected chi connectivity index (χ2v) is 4.72. The molecule has 0 aliphatic heterocycles. The van der Waals surface area contributed by atoms with E-state index in [9.17, 15) is 0 Å². The van der Waals surface area contributed by atoms with Crippen LogP contribution in [0.15, 0.2) is 36.7 Å². The molecule has 0 spiro atoms. The highest BCUT2D eigenvalue weighted by molar-refractivity contribution is 5.77. The molecule has 2 aromatic heterocycles. The Hall–Kier alpha value is -2.14. The van der Waals surface area contributed by atoms with Crippen LogP contribution in [-0.2, 0) is 13.6 Å². The van der Waals surface area contributed by atoms with Crippen molar-refractivity contribution in [3.8, 4) is 0 Å². The molecule has 1 aromatic carbocycles. The van der Waals surface area contributed by atoms with Crippen LogP contribution in [0.5, 0.6) is 0 Å². The van der Waals surface area contributed by atoms with Gasteiger partial charge in [-0.05, 0) is 30.7 Å². The Bertz CT molecular complexity index is 696. The van der Waals surface area contributed by atoms with Crippen LogP contribution in [0.3, 0.4) is 0 Å². The number of rotatable bonds is 3. The minimum atomic E-state index is 0.105. The van der Waals surface area contributed by atoms with Gasteiger partial charge in [-0.2, -0.15) is 5.10 Å². The molecule has 19 heavy (non-hydrogen) atoms. The van der Waals surface area contributed by atoms with Crippen molar-refractivity contribution in [2.45, 2.75) is 19.5 Å². The highest BCUT2D eigenvalue weighted by Crippen LogP contribution is 2.22. The van der Waals surface area contributed by atoms with Gasteiger partial charge in [0.15, 0.2) is 0 Å². The summed E-state index contributed by atoms with van der Waals surface area (Å²) in [4.78, 5) is 4.72. The van der Waals surface area contributed by atoms with Gasteiger partial charge < -0.3 is 10.3 Å². The van der Waals surface area contributed by atoms with Crippen molar-refractivity contribution >= 4 is 11.0 Å². The molecule has 0 bridgehead atoms. The summed E-state index contributed by atoms with van der Waals surface area (Å²) in [7, 11) is 2.03. The number of benzene rings is 1. The molecule has 0 radical (unpaired) electrons. The predicted octanol–water partition coefficient (Wildman–Crippen LogP) is 1.84. The van der Waals surface area contributed by atoms with Crippen molar-refractivity contribution in [3.05, 3.63) is 48.0 Å². The largest absolute Gasteiger partial charge is 0.329 e. The second kappa shape index (κ2) is 4.51. The lowest BCUT2D eigenvalue weighted by molar-refractivity contribution is 0.523. The van der Waals surface area contributed by atoms with Gasteiger partial charge in [0.1, 0.15) is 11.9 Å². The summed E-state index contributed by atoms with van der Waals surface area (Å²) in [6, 6.07) is 8.20. The van der Waals surface area contributed by atoms with Crippen LogP contribution < -0.4 is 5.73 Å². The van der Waals surface area contributed by atoms with Crippen LogP contribution in [0.4, 0.5) is 0 Å². The first-order valence-electron chi connectivity index (χ1n) is 6.35. The fraction of sp³-hybridized carbons (Fsp3) is 0.286. The molecular weight excluding hydrogens is 238 g/mol. The number of fused-ring (bicyclic) bond motifs is 1. The Morgan fingerprint density at radius 1 is 1.37 bits per heavy atom. The fourth-order valence-corrected chi connectivity index (χ4v) is 2.39. The van der Waals surface area contributed by atoms with Crippen molar-refractivity contribution in [3.63, 3.8) is 0 Å². The number of hydrogen-bond acceptors (Lipinski definition) is 3. The maximum absolute atomic E-state index is 5.67. The molecule has 0 fully saturated rings. The van der Waals surface area contributed by atoms with Crippen molar-refractivity contribution in [2.75, 3.05) is 0 Å². The van der Waals surface area contributed by atoms with E-state index < -0.39 is 0 Å². The van der Waals surface area contributed by atoms with Crippen molar-refractivity contribution in [1.29, 1.82) is 0 Å². The molecule has 5 nitrogen and oxygen atoms in total. The van der Waals surface area contributed by atoms with Gasteiger partial charge in [0.05, 0.1) is 11.0 Å². The summed E-state index contributed by atoms with van der Waals surface area (Å²) < 4.78 is 4.02. The summed E-state index contributed by atoms with van der Waals surface area (Å²) in [5.74, 6) is 0.993. The van der Waals surface area contributed by atoms with Gasteiger partial charge in [-0.1, -0.05) is 6.07 Å². The Labute approximate surface area is 111 Å². The molecule has 0 saturated heterocycles. The molecule has 3 rings (SSSR count). The minimum Gasteiger partial charge on any atom is -0.329 e. The molecule has 5 heteroatoms. The van der Waals surface area contributed by atoms with E-state index in [4.69, 9.17) is 10.7 Å². The van der Waals surface area contributed by atoms with E-state index in [0.29, 0.717) is 6.54 Å². The summed E-state index contributed by atoms with van der Waals surface area (Å²) in [6.45, 7) is 2.63. The molecule has 0 saturated carbocycles. The number of aryl methyl sites for hydroxylation is 1. The first kappa shape index (κ1) is 11.9. The van der Waals surface area contributed by atoms with Crippen molar-refractivity contribution in [1.82, 2.24) is 19.3 Å². The molecule has 0 aliphatic rings. The minimum absolute atomic E-state index is 0.105. The standard InChI is InChI=1S/C14H17N5/c1-10(19-7-3-6-16-19)14-17-12-8-11(9-15)4-5-13(12)18(14)2/h3-8,10H,9,15H2,1-2H3. The Balaban J connectivity index is 2.11. The first-order valence-corrected chi connectivity index (χ1v) is 6.35. The number of aromatic nitrogens is 4. The van der Waals surface area contributed by atoms with Crippen LogP contribution in [0.2, 0.25) is 0 Å². The predicted molar refractivity (Wildman–Crippen MR) is 74.6 cm³/mol. The van der Waals surface area contributed by atoms with Gasteiger partial charge in [-0.15, -0.1) is 0 Å². The normalized spacial score (nSPS) is 13.0. The fourth-order valence-electron chi connectivity index (χ4n) is 2.39. The third-order valence-corrected chi connectivity index (χ3v) is 3.51. The van der Waals surface area contributed by atoms with E-state index >= 15 is 0 Å². The van der Waals surface area contributed by atoms with Crippen LogP contribution in [-0.4, -0.2) is 19.3 Å². The lowest BCUT2D eigenvalue weighted by atomic mass is 10.2. The average molecular weight is 255 g/mol. The molecule has 1 unspecified atom stereocenters. The van der Waals surface area contributed by atoms with Crippen LogP contribution in [0.1, 0.15) is 24.4 Å². The van der Waals surface area contributed by atoms with E-state index in [1.807, 2.05) is 30.1 Å². The molecular formula is C14H17N5. The Morgan fingerprint density at radius 3 is 2.89 bits per heavy atom. The topological polar surface area (TPSA) is 61.7 Å². The SMILES string of the molecule is CC(c1nc2cc(CN)ccc2n1C)n1cccn1. The molecule has 0 amide bonds. The van der Waals surface area contributed by atoms with Crippen LogP contribution in [0, 0.1) is 0 Å². The summed E-state index contributed by atoms with van der Waals surface area (Å²) in [6.07, 6.45) is 3.74. The van der Waals surface area contributed by atoms with E-state index in [1.54, 1.807) is 6.20 Å². The molecule has 2 heterocycles. The summed E-state index contributed by atoms with van der Waals surface area (Å²) in [5.41, 5.74) is 8.88. The Kier molecular flexibility index (Phi) is 2.83. The van der Waals surface area contributed by atoms with Gasteiger partial charge >= 0.3 is 0 Å². The lowest BCUT2D eigenvalue weighted by Crippen LogP contribution is -2.12. The maximum Gasteiger partial charge on any atom is 0.134 e. The quantitative estimate of drug-likeness (QED) is 0.776. The van der Waals surface area contributed by atoms with Gasteiger partial charge in [-0.25, -0.2) is 4.98 Å². The van der Waals surface area contributed by atoms with Gasteiger partial charge in [0.2, 0.25) is 0 Å². The monoisotopic (exact) mass is 255 g/mol. The highest BCUT2D eigenvalue weighted by Gasteiger charge is 2.16. The summed E-state index contributed by atoms with van der Waals surface area (Å²) >= 11 is 0.